The van der Waals surface area contributed by atoms with Crippen LogP contribution in [0.3, 0.4) is 0 Å². The van der Waals surface area contributed by atoms with Crippen LogP contribution in [0.15, 0.2) is 14.8 Å². The molecule has 0 aliphatic carbocycles. The third kappa shape index (κ3) is 2.45. The summed E-state index contributed by atoms with van der Waals surface area (Å²) in [5, 5.41) is 23.2. The minimum atomic E-state index is -0.0716. The lowest BCUT2D eigenvalue weighted by Gasteiger charge is -2.20. The first-order valence-electron chi connectivity index (χ1n) is 4.99. The van der Waals surface area contributed by atoms with E-state index in [1.807, 2.05) is 0 Å². The van der Waals surface area contributed by atoms with Crippen LogP contribution in [0.1, 0.15) is 18.5 Å². The number of hydrogen-bond donors (Lipinski definition) is 3. The summed E-state index contributed by atoms with van der Waals surface area (Å²) in [6.07, 6.45) is 2.13. The van der Waals surface area contributed by atoms with Crippen molar-refractivity contribution in [2.24, 2.45) is 10.9 Å². The van der Waals surface area contributed by atoms with E-state index in [0.717, 1.165) is 25.9 Å². The quantitative estimate of drug-likeness (QED) is 0.297. The Morgan fingerprint density at radius 2 is 2.25 bits per heavy atom. The Bertz CT molecular complexity index is 374. The predicted molar refractivity (Wildman–Crippen MR) is 58.6 cm³/mol. The van der Waals surface area contributed by atoms with Crippen molar-refractivity contribution in [3.05, 3.63) is 5.69 Å². The average Bonchev–Trinajstić information content (AvgIpc) is 2.77. The SMILES string of the molecule is N/C(=N\O)c1nonc1SC1CCNCC1. The second-order valence-corrected chi connectivity index (χ2v) is 4.76. The van der Waals surface area contributed by atoms with Crippen molar-refractivity contribution in [1.29, 1.82) is 0 Å². The summed E-state index contributed by atoms with van der Waals surface area (Å²) in [4.78, 5) is 0. The zero-order valence-corrected chi connectivity index (χ0v) is 9.40. The lowest BCUT2D eigenvalue weighted by molar-refractivity contribution is 0.296. The molecule has 1 aromatic rings. The topological polar surface area (TPSA) is 110 Å². The van der Waals surface area contributed by atoms with Gasteiger partial charge in [-0.15, -0.1) is 0 Å². The number of oxime groups is 1. The third-order valence-corrected chi connectivity index (χ3v) is 3.67. The van der Waals surface area contributed by atoms with Gasteiger partial charge in [0.1, 0.15) is 0 Å². The summed E-state index contributed by atoms with van der Waals surface area (Å²) in [6, 6.07) is 0. The molecule has 1 aliphatic heterocycles. The van der Waals surface area contributed by atoms with Crippen molar-refractivity contribution < 1.29 is 9.84 Å². The molecule has 1 fully saturated rings. The Labute approximate surface area is 96.4 Å². The normalized spacial score (nSPS) is 18.9. The first-order valence-corrected chi connectivity index (χ1v) is 5.87. The second-order valence-electron chi connectivity index (χ2n) is 3.47. The van der Waals surface area contributed by atoms with Crippen molar-refractivity contribution in [3.63, 3.8) is 0 Å². The Morgan fingerprint density at radius 3 is 2.94 bits per heavy atom. The molecular formula is C8H13N5O2S. The highest BCUT2D eigenvalue weighted by atomic mass is 32.2. The molecule has 4 N–H and O–H groups in total. The van der Waals surface area contributed by atoms with E-state index in [-0.39, 0.29) is 5.84 Å². The van der Waals surface area contributed by atoms with Gasteiger partial charge >= 0.3 is 0 Å². The smallest absolute Gasteiger partial charge is 0.195 e. The van der Waals surface area contributed by atoms with E-state index in [1.54, 1.807) is 11.8 Å². The molecule has 2 heterocycles. The van der Waals surface area contributed by atoms with E-state index in [0.29, 0.717) is 16.0 Å². The minimum absolute atomic E-state index is 0.0716. The van der Waals surface area contributed by atoms with Crippen molar-refractivity contribution in [1.82, 2.24) is 15.6 Å². The van der Waals surface area contributed by atoms with Crippen molar-refractivity contribution in [2.45, 2.75) is 23.1 Å². The zero-order valence-electron chi connectivity index (χ0n) is 8.59. The molecule has 2 rings (SSSR count). The molecule has 8 heteroatoms. The molecule has 0 amide bonds. The highest BCUT2D eigenvalue weighted by molar-refractivity contribution is 7.99. The molecule has 7 nitrogen and oxygen atoms in total. The first-order chi connectivity index (χ1) is 7.81. The maximum atomic E-state index is 8.57. The molecule has 0 saturated carbocycles. The number of nitrogens with one attached hydrogen (secondary N) is 1. The molecule has 1 aliphatic rings. The van der Waals surface area contributed by atoms with E-state index in [9.17, 15) is 0 Å². The summed E-state index contributed by atoms with van der Waals surface area (Å²) >= 11 is 1.56. The minimum Gasteiger partial charge on any atom is -0.409 e. The van der Waals surface area contributed by atoms with Gasteiger partial charge in [-0.3, -0.25) is 0 Å². The lowest BCUT2D eigenvalue weighted by atomic mass is 10.2. The molecular weight excluding hydrogens is 230 g/mol. The Kier molecular flexibility index (Phi) is 3.62. The van der Waals surface area contributed by atoms with Gasteiger partial charge in [0.05, 0.1) is 0 Å². The number of amidine groups is 1. The van der Waals surface area contributed by atoms with Gasteiger partial charge in [0.15, 0.2) is 16.6 Å². The van der Waals surface area contributed by atoms with Gasteiger partial charge in [-0.25, -0.2) is 4.63 Å². The number of hydrogen-bond acceptors (Lipinski definition) is 7. The zero-order chi connectivity index (χ0) is 11.4. The Morgan fingerprint density at radius 1 is 1.50 bits per heavy atom. The fraction of sp³-hybridized carbons (Fsp3) is 0.625. The van der Waals surface area contributed by atoms with Gasteiger partial charge < -0.3 is 16.3 Å². The Hall–Kier alpha value is -1.28. The van der Waals surface area contributed by atoms with Crippen LogP contribution < -0.4 is 11.1 Å². The maximum absolute atomic E-state index is 8.57. The van der Waals surface area contributed by atoms with Gasteiger partial charge in [-0.1, -0.05) is 16.9 Å². The fourth-order valence-electron chi connectivity index (χ4n) is 1.53. The van der Waals surface area contributed by atoms with E-state index in [2.05, 4.69) is 25.4 Å². The number of thioether (sulfide) groups is 1. The van der Waals surface area contributed by atoms with Gasteiger partial charge in [0.25, 0.3) is 0 Å². The highest BCUT2D eigenvalue weighted by Gasteiger charge is 2.21. The van der Waals surface area contributed by atoms with Crippen molar-refractivity contribution in [2.75, 3.05) is 13.1 Å². The Balaban J connectivity index is 2.06. The van der Waals surface area contributed by atoms with Crippen LogP contribution in [0, 0.1) is 0 Å². The van der Waals surface area contributed by atoms with Crippen LogP contribution in [-0.2, 0) is 0 Å². The van der Waals surface area contributed by atoms with Gasteiger partial charge in [0, 0.05) is 5.25 Å². The van der Waals surface area contributed by atoms with Crippen LogP contribution in [0.25, 0.3) is 0 Å². The van der Waals surface area contributed by atoms with E-state index < -0.39 is 0 Å². The number of piperidine rings is 1. The molecule has 16 heavy (non-hydrogen) atoms. The van der Waals surface area contributed by atoms with Crippen LogP contribution in [0.2, 0.25) is 0 Å². The number of aromatic nitrogens is 2. The van der Waals surface area contributed by atoms with E-state index >= 15 is 0 Å². The largest absolute Gasteiger partial charge is 0.409 e. The molecule has 1 saturated heterocycles. The summed E-state index contributed by atoms with van der Waals surface area (Å²) in [6.45, 7) is 2.00. The molecule has 0 bridgehead atoms. The number of nitrogens with zero attached hydrogens (tertiary/aromatic N) is 3. The first kappa shape index (κ1) is 11.2. The maximum Gasteiger partial charge on any atom is 0.195 e. The monoisotopic (exact) mass is 243 g/mol. The standard InChI is InChI=1S/C8H13N5O2S/c9-7(11-14)6-8(13-15-12-6)16-5-1-3-10-4-2-5/h5,10,14H,1-4H2,(H2,9,11). The summed E-state index contributed by atoms with van der Waals surface area (Å²) in [5.41, 5.74) is 5.77. The fourth-order valence-corrected chi connectivity index (χ4v) is 2.65. The van der Waals surface area contributed by atoms with Gasteiger partial charge in [-0.05, 0) is 36.2 Å². The molecule has 0 radical (unpaired) electrons. The predicted octanol–water partition coefficient (Wildman–Crippen LogP) is 0.00820. The van der Waals surface area contributed by atoms with Crippen LogP contribution >= 0.6 is 11.8 Å². The third-order valence-electron chi connectivity index (χ3n) is 2.37. The molecule has 88 valence electrons. The lowest BCUT2D eigenvalue weighted by Crippen LogP contribution is -2.29. The summed E-state index contributed by atoms with van der Waals surface area (Å²) in [5.74, 6) is -0.0716. The van der Waals surface area contributed by atoms with Crippen molar-refractivity contribution >= 4 is 17.6 Å². The average molecular weight is 243 g/mol. The number of nitrogens with two attached hydrogens (primary N) is 1. The van der Waals surface area contributed by atoms with E-state index in [4.69, 9.17) is 10.9 Å². The van der Waals surface area contributed by atoms with Crippen LogP contribution in [-0.4, -0.2) is 39.7 Å². The molecule has 0 unspecified atom stereocenters. The molecule has 1 aromatic heterocycles. The van der Waals surface area contributed by atoms with Crippen molar-refractivity contribution in [3.8, 4) is 0 Å². The van der Waals surface area contributed by atoms with E-state index in [1.165, 1.54) is 0 Å². The van der Waals surface area contributed by atoms with Gasteiger partial charge in [-0.2, -0.15) is 0 Å². The van der Waals surface area contributed by atoms with Gasteiger partial charge in [0.2, 0.25) is 0 Å². The second kappa shape index (κ2) is 5.17. The molecule has 0 aromatic carbocycles. The summed E-state index contributed by atoms with van der Waals surface area (Å²) in [7, 11) is 0. The van der Waals surface area contributed by atoms with Crippen LogP contribution in [0.5, 0.6) is 0 Å². The highest BCUT2D eigenvalue weighted by Crippen LogP contribution is 2.28. The molecule has 0 spiro atoms. The number of rotatable bonds is 3. The van der Waals surface area contributed by atoms with Crippen LogP contribution in [0.4, 0.5) is 0 Å². The molecule has 0 atom stereocenters. The summed E-state index contributed by atoms with van der Waals surface area (Å²) < 4.78 is 4.60.